The predicted molar refractivity (Wildman–Crippen MR) is 79.2 cm³/mol. The van der Waals surface area contributed by atoms with Gasteiger partial charge in [0.05, 0.1) is 13.7 Å². The van der Waals surface area contributed by atoms with E-state index in [4.69, 9.17) is 9.47 Å². The molecule has 0 atom stereocenters. The van der Waals surface area contributed by atoms with Crippen molar-refractivity contribution in [3.05, 3.63) is 58.7 Å². The number of methoxy groups -OCH3 is 1. The first-order chi connectivity index (χ1) is 9.65. The molecule has 0 saturated heterocycles. The van der Waals surface area contributed by atoms with E-state index in [0.29, 0.717) is 6.61 Å². The van der Waals surface area contributed by atoms with Gasteiger partial charge >= 0.3 is 0 Å². The highest BCUT2D eigenvalue weighted by molar-refractivity contribution is 5.41. The number of aryl methyl sites for hydroxylation is 2. The van der Waals surface area contributed by atoms with Crippen molar-refractivity contribution in [1.82, 2.24) is 0 Å². The maximum atomic E-state index is 9.38. The topological polar surface area (TPSA) is 38.7 Å². The highest BCUT2D eigenvalue weighted by Gasteiger charge is 2.09. The van der Waals surface area contributed by atoms with E-state index < -0.39 is 0 Å². The Balaban J connectivity index is 2.23. The summed E-state index contributed by atoms with van der Waals surface area (Å²) in [6.45, 7) is 4.41. The highest BCUT2D eigenvalue weighted by Crippen LogP contribution is 2.27. The number of para-hydroxylation sites is 1. The van der Waals surface area contributed by atoms with Gasteiger partial charge in [0.2, 0.25) is 0 Å². The van der Waals surface area contributed by atoms with Gasteiger partial charge in [-0.25, -0.2) is 0 Å². The van der Waals surface area contributed by atoms with Gasteiger partial charge in [0.25, 0.3) is 0 Å². The minimum atomic E-state index is -0.0258. The van der Waals surface area contributed by atoms with Crippen LogP contribution < -0.4 is 9.47 Å². The monoisotopic (exact) mass is 272 g/mol. The SMILES string of the molecule is COc1ccc(C)cc1COc1c(C)cccc1CO. The minimum Gasteiger partial charge on any atom is -0.496 e. The fourth-order valence-corrected chi connectivity index (χ4v) is 2.21. The zero-order valence-electron chi connectivity index (χ0n) is 12.1. The van der Waals surface area contributed by atoms with E-state index >= 15 is 0 Å². The lowest BCUT2D eigenvalue weighted by Crippen LogP contribution is -2.02. The van der Waals surface area contributed by atoms with E-state index in [2.05, 4.69) is 6.07 Å². The quantitative estimate of drug-likeness (QED) is 0.906. The van der Waals surface area contributed by atoms with E-state index in [1.165, 1.54) is 0 Å². The molecule has 20 heavy (non-hydrogen) atoms. The third kappa shape index (κ3) is 3.11. The normalized spacial score (nSPS) is 10.4. The number of hydrogen-bond donors (Lipinski definition) is 1. The van der Waals surface area contributed by atoms with Crippen LogP contribution in [0.5, 0.6) is 11.5 Å². The molecule has 0 aromatic heterocycles. The average Bonchev–Trinajstić information content (AvgIpc) is 2.46. The number of hydrogen-bond acceptors (Lipinski definition) is 3. The van der Waals surface area contributed by atoms with Crippen molar-refractivity contribution in [3.63, 3.8) is 0 Å². The lowest BCUT2D eigenvalue weighted by Gasteiger charge is -2.15. The van der Waals surface area contributed by atoms with E-state index in [-0.39, 0.29) is 6.61 Å². The second kappa shape index (κ2) is 6.44. The second-order valence-electron chi connectivity index (χ2n) is 4.83. The number of aliphatic hydroxyl groups excluding tert-OH is 1. The molecule has 3 heteroatoms. The molecule has 0 bridgehead atoms. The standard InChI is InChI=1S/C17H20O3/c1-12-7-8-16(19-3)15(9-12)11-20-17-13(2)5-4-6-14(17)10-18/h4-9,18H,10-11H2,1-3H3. The molecule has 2 aromatic rings. The molecule has 2 aromatic carbocycles. The summed E-state index contributed by atoms with van der Waals surface area (Å²) in [5.74, 6) is 1.56. The van der Waals surface area contributed by atoms with Crippen LogP contribution in [0.25, 0.3) is 0 Å². The number of aliphatic hydroxyl groups is 1. The Morgan fingerprint density at radius 1 is 1.05 bits per heavy atom. The molecule has 0 aliphatic carbocycles. The molecular weight excluding hydrogens is 252 g/mol. The van der Waals surface area contributed by atoms with Crippen molar-refractivity contribution < 1.29 is 14.6 Å². The molecule has 2 rings (SSSR count). The number of rotatable bonds is 5. The Morgan fingerprint density at radius 2 is 1.85 bits per heavy atom. The molecule has 0 fully saturated rings. The van der Waals surface area contributed by atoms with Crippen molar-refractivity contribution in [2.24, 2.45) is 0 Å². The third-order valence-corrected chi connectivity index (χ3v) is 3.27. The summed E-state index contributed by atoms with van der Waals surface area (Å²) in [6.07, 6.45) is 0. The minimum absolute atomic E-state index is 0.0258. The van der Waals surface area contributed by atoms with Gasteiger partial charge in [0.1, 0.15) is 18.1 Å². The van der Waals surface area contributed by atoms with Gasteiger partial charge in [-0.1, -0.05) is 29.8 Å². The highest BCUT2D eigenvalue weighted by atomic mass is 16.5. The van der Waals surface area contributed by atoms with Crippen LogP contribution in [0.3, 0.4) is 0 Å². The Kier molecular flexibility index (Phi) is 4.64. The molecule has 106 valence electrons. The van der Waals surface area contributed by atoms with Gasteiger partial charge in [-0.15, -0.1) is 0 Å². The average molecular weight is 272 g/mol. The van der Waals surface area contributed by atoms with Crippen LogP contribution in [0, 0.1) is 13.8 Å². The van der Waals surface area contributed by atoms with E-state index in [1.54, 1.807) is 7.11 Å². The smallest absolute Gasteiger partial charge is 0.128 e. The van der Waals surface area contributed by atoms with E-state index in [0.717, 1.165) is 33.8 Å². The van der Waals surface area contributed by atoms with Crippen LogP contribution >= 0.6 is 0 Å². The Labute approximate surface area is 119 Å². The number of benzene rings is 2. The van der Waals surface area contributed by atoms with Crippen molar-refractivity contribution in [2.45, 2.75) is 27.1 Å². The Morgan fingerprint density at radius 3 is 2.55 bits per heavy atom. The maximum Gasteiger partial charge on any atom is 0.128 e. The van der Waals surface area contributed by atoms with Crippen molar-refractivity contribution in [1.29, 1.82) is 0 Å². The summed E-state index contributed by atoms with van der Waals surface area (Å²) in [6, 6.07) is 11.8. The van der Waals surface area contributed by atoms with Gasteiger partial charge in [-0.2, -0.15) is 0 Å². The molecule has 0 amide bonds. The summed E-state index contributed by atoms with van der Waals surface area (Å²) < 4.78 is 11.2. The number of ether oxygens (including phenoxy) is 2. The Hall–Kier alpha value is -2.00. The molecule has 0 radical (unpaired) electrons. The van der Waals surface area contributed by atoms with Crippen molar-refractivity contribution in [3.8, 4) is 11.5 Å². The van der Waals surface area contributed by atoms with Gasteiger partial charge < -0.3 is 14.6 Å². The molecule has 3 nitrogen and oxygen atoms in total. The summed E-state index contributed by atoms with van der Waals surface area (Å²) >= 11 is 0. The zero-order chi connectivity index (χ0) is 14.5. The first-order valence-electron chi connectivity index (χ1n) is 6.61. The Bertz CT molecular complexity index is 591. The second-order valence-corrected chi connectivity index (χ2v) is 4.83. The first kappa shape index (κ1) is 14.4. The maximum absolute atomic E-state index is 9.38. The summed E-state index contributed by atoms with van der Waals surface area (Å²) in [5, 5.41) is 9.38. The fraction of sp³-hybridized carbons (Fsp3) is 0.294. The van der Waals surface area contributed by atoms with Crippen LogP contribution in [-0.4, -0.2) is 12.2 Å². The van der Waals surface area contributed by atoms with Crippen LogP contribution in [0.1, 0.15) is 22.3 Å². The summed E-state index contributed by atoms with van der Waals surface area (Å²) in [4.78, 5) is 0. The van der Waals surface area contributed by atoms with Gasteiger partial charge in [-0.3, -0.25) is 0 Å². The molecule has 0 aliphatic heterocycles. The first-order valence-corrected chi connectivity index (χ1v) is 6.61. The van der Waals surface area contributed by atoms with Crippen molar-refractivity contribution >= 4 is 0 Å². The van der Waals surface area contributed by atoms with E-state index in [9.17, 15) is 5.11 Å². The van der Waals surface area contributed by atoms with Crippen LogP contribution in [0.2, 0.25) is 0 Å². The van der Waals surface area contributed by atoms with Gasteiger partial charge in [-0.05, 0) is 31.5 Å². The summed E-state index contributed by atoms with van der Waals surface area (Å²) in [7, 11) is 1.65. The van der Waals surface area contributed by atoms with Crippen LogP contribution in [0.4, 0.5) is 0 Å². The lowest BCUT2D eigenvalue weighted by atomic mass is 10.1. The van der Waals surface area contributed by atoms with E-state index in [1.807, 2.05) is 44.2 Å². The zero-order valence-corrected chi connectivity index (χ0v) is 12.1. The van der Waals surface area contributed by atoms with Crippen LogP contribution in [-0.2, 0) is 13.2 Å². The van der Waals surface area contributed by atoms with Crippen LogP contribution in [0.15, 0.2) is 36.4 Å². The van der Waals surface area contributed by atoms with Gasteiger partial charge in [0, 0.05) is 11.1 Å². The molecule has 0 heterocycles. The largest absolute Gasteiger partial charge is 0.496 e. The third-order valence-electron chi connectivity index (χ3n) is 3.27. The lowest BCUT2D eigenvalue weighted by molar-refractivity contribution is 0.256. The summed E-state index contributed by atoms with van der Waals surface area (Å²) in [5.41, 5.74) is 3.98. The molecular formula is C17H20O3. The fourth-order valence-electron chi connectivity index (χ4n) is 2.21. The molecule has 0 unspecified atom stereocenters. The van der Waals surface area contributed by atoms with Crippen molar-refractivity contribution in [2.75, 3.05) is 7.11 Å². The molecule has 0 aliphatic rings. The molecule has 0 saturated carbocycles. The predicted octanol–water partition coefficient (Wildman–Crippen LogP) is 3.38. The van der Waals surface area contributed by atoms with Gasteiger partial charge in [0.15, 0.2) is 0 Å². The molecule has 0 spiro atoms. The molecule has 1 N–H and O–H groups in total.